The molecule has 0 aliphatic carbocycles. The van der Waals surface area contributed by atoms with E-state index in [0.29, 0.717) is 13.2 Å². The molecule has 0 spiro atoms. The van der Waals surface area contributed by atoms with Gasteiger partial charge in [-0.15, -0.1) is 0 Å². The molecule has 1 unspecified atom stereocenters. The van der Waals surface area contributed by atoms with Crippen LogP contribution in [-0.2, 0) is 11.2 Å². The Morgan fingerprint density at radius 2 is 2.11 bits per heavy atom. The average Bonchev–Trinajstić information content (AvgIpc) is 3.42. The highest BCUT2D eigenvalue weighted by atomic mass is 16.5. The van der Waals surface area contributed by atoms with Gasteiger partial charge in [-0.3, -0.25) is 4.99 Å². The van der Waals surface area contributed by atoms with Gasteiger partial charge in [-0.25, -0.2) is 0 Å². The van der Waals surface area contributed by atoms with Crippen molar-refractivity contribution in [2.24, 2.45) is 4.99 Å². The molecule has 1 aliphatic rings. The standard InChI is InChI=1S/C22H32N4O2/c1-18(19-7-5-8-20(17-19)26-13-3-4-14-26)25-22(24-12-16-27-2)23-11-10-21-9-6-15-28-21/h5-9,15,17-18H,3-4,10-14,16H2,1-2H3,(H2,23,24,25). The third-order valence-corrected chi connectivity index (χ3v) is 5.00. The second-order valence-electron chi connectivity index (χ2n) is 7.13. The molecule has 3 rings (SSSR count). The van der Waals surface area contributed by atoms with E-state index in [4.69, 9.17) is 9.15 Å². The molecular formula is C22H32N4O2. The normalized spacial score (nSPS) is 15.6. The summed E-state index contributed by atoms with van der Waals surface area (Å²) in [5, 5.41) is 6.92. The van der Waals surface area contributed by atoms with Crippen molar-refractivity contribution in [1.82, 2.24) is 10.6 Å². The number of guanidine groups is 1. The predicted molar refractivity (Wildman–Crippen MR) is 114 cm³/mol. The van der Waals surface area contributed by atoms with E-state index in [1.807, 2.05) is 12.1 Å². The molecule has 1 atom stereocenters. The first-order chi connectivity index (χ1) is 13.8. The molecule has 152 valence electrons. The van der Waals surface area contributed by atoms with Crippen LogP contribution in [0.2, 0.25) is 0 Å². The summed E-state index contributed by atoms with van der Waals surface area (Å²) in [6, 6.07) is 12.9. The quantitative estimate of drug-likeness (QED) is 0.394. The molecule has 2 heterocycles. The Balaban J connectivity index is 1.60. The molecule has 2 aromatic rings. The lowest BCUT2D eigenvalue weighted by atomic mass is 10.1. The topological polar surface area (TPSA) is 62.0 Å². The zero-order valence-corrected chi connectivity index (χ0v) is 17.0. The van der Waals surface area contributed by atoms with Gasteiger partial charge in [-0.05, 0) is 49.6 Å². The molecule has 6 heteroatoms. The van der Waals surface area contributed by atoms with Crippen LogP contribution in [0.25, 0.3) is 0 Å². The molecule has 0 amide bonds. The smallest absolute Gasteiger partial charge is 0.191 e. The van der Waals surface area contributed by atoms with E-state index in [1.54, 1.807) is 13.4 Å². The highest BCUT2D eigenvalue weighted by molar-refractivity contribution is 5.80. The Labute approximate surface area is 168 Å². The van der Waals surface area contributed by atoms with Gasteiger partial charge in [0.25, 0.3) is 0 Å². The molecule has 0 saturated carbocycles. The molecule has 1 fully saturated rings. The summed E-state index contributed by atoms with van der Waals surface area (Å²) in [4.78, 5) is 7.09. The Morgan fingerprint density at radius 1 is 1.25 bits per heavy atom. The molecule has 1 aromatic carbocycles. The summed E-state index contributed by atoms with van der Waals surface area (Å²) < 4.78 is 10.5. The third-order valence-electron chi connectivity index (χ3n) is 5.00. The van der Waals surface area contributed by atoms with E-state index < -0.39 is 0 Å². The van der Waals surface area contributed by atoms with E-state index in [2.05, 4.69) is 51.7 Å². The molecule has 1 aromatic heterocycles. The van der Waals surface area contributed by atoms with Crippen molar-refractivity contribution in [3.05, 3.63) is 54.0 Å². The maximum atomic E-state index is 5.40. The molecule has 2 N–H and O–H groups in total. The Kier molecular flexibility index (Phi) is 7.79. The van der Waals surface area contributed by atoms with Gasteiger partial charge in [0, 0.05) is 38.9 Å². The number of nitrogens with one attached hydrogen (secondary N) is 2. The number of rotatable bonds is 9. The van der Waals surface area contributed by atoms with Crippen LogP contribution in [0, 0.1) is 0 Å². The maximum absolute atomic E-state index is 5.40. The van der Waals surface area contributed by atoms with Crippen LogP contribution >= 0.6 is 0 Å². The van der Waals surface area contributed by atoms with Crippen molar-refractivity contribution in [3.8, 4) is 0 Å². The molecule has 1 aliphatic heterocycles. The number of anilines is 1. The number of benzene rings is 1. The van der Waals surface area contributed by atoms with Crippen molar-refractivity contribution < 1.29 is 9.15 Å². The van der Waals surface area contributed by atoms with Gasteiger partial charge in [0.1, 0.15) is 5.76 Å². The fourth-order valence-corrected chi connectivity index (χ4v) is 3.41. The maximum Gasteiger partial charge on any atom is 0.191 e. The van der Waals surface area contributed by atoms with E-state index >= 15 is 0 Å². The Hall–Kier alpha value is -2.47. The lowest BCUT2D eigenvalue weighted by Crippen LogP contribution is -2.40. The van der Waals surface area contributed by atoms with Crippen LogP contribution in [0.3, 0.4) is 0 Å². The predicted octanol–water partition coefficient (Wildman–Crippen LogP) is 3.37. The number of furan rings is 1. The second kappa shape index (κ2) is 10.8. The molecule has 6 nitrogen and oxygen atoms in total. The van der Waals surface area contributed by atoms with E-state index in [-0.39, 0.29) is 6.04 Å². The number of aliphatic imine (C=N–C) groups is 1. The summed E-state index contributed by atoms with van der Waals surface area (Å²) in [6.07, 6.45) is 5.09. The lowest BCUT2D eigenvalue weighted by Gasteiger charge is -2.22. The van der Waals surface area contributed by atoms with Gasteiger partial charge in [0.2, 0.25) is 0 Å². The van der Waals surface area contributed by atoms with Crippen LogP contribution in [0.15, 0.2) is 52.1 Å². The van der Waals surface area contributed by atoms with Crippen LogP contribution < -0.4 is 15.5 Å². The lowest BCUT2D eigenvalue weighted by molar-refractivity contribution is 0.208. The van der Waals surface area contributed by atoms with Crippen molar-refractivity contribution in [2.75, 3.05) is 44.8 Å². The van der Waals surface area contributed by atoms with E-state index in [9.17, 15) is 0 Å². The van der Waals surface area contributed by atoms with Crippen LogP contribution in [0.4, 0.5) is 5.69 Å². The number of hydrogen-bond acceptors (Lipinski definition) is 4. The first-order valence-corrected chi connectivity index (χ1v) is 10.2. The molecule has 28 heavy (non-hydrogen) atoms. The zero-order chi connectivity index (χ0) is 19.6. The summed E-state index contributed by atoms with van der Waals surface area (Å²) in [5.74, 6) is 1.76. The summed E-state index contributed by atoms with van der Waals surface area (Å²) in [7, 11) is 1.69. The minimum atomic E-state index is 0.153. The Bertz CT molecular complexity index is 724. The monoisotopic (exact) mass is 384 g/mol. The molecule has 1 saturated heterocycles. The van der Waals surface area contributed by atoms with E-state index in [1.165, 1.54) is 24.1 Å². The van der Waals surface area contributed by atoms with Crippen molar-refractivity contribution in [3.63, 3.8) is 0 Å². The van der Waals surface area contributed by atoms with Crippen LogP contribution in [0.1, 0.15) is 37.1 Å². The zero-order valence-electron chi connectivity index (χ0n) is 17.0. The molecule has 0 radical (unpaired) electrons. The van der Waals surface area contributed by atoms with Crippen molar-refractivity contribution in [1.29, 1.82) is 0 Å². The summed E-state index contributed by atoms with van der Waals surface area (Å²) in [5.41, 5.74) is 2.57. The van der Waals surface area contributed by atoms with Gasteiger partial charge in [-0.1, -0.05) is 12.1 Å². The largest absolute Gasteiger partial charge is 0.469 e. The van der Waals surface area contributed by atoms with Gasteiger partial charge < -0.3 is 24.7 Å². The first-order valence-electron chi connectivity index (χ1n) is 10.2. The first kappa shape index (κ1) is 20.3. The highest BCUT2D eigenvalue weighted by Crippen LogP contribution is 2.23. The van der Waals surface area contributed by atoms with Gasteiger partial charge in [0.05, 0.1) is 25.5 Å². The van der Waals surface area contributed by atoms with Crippen molar-refractivity contribution >= 4 is 11.6 Å². The van der Waals surface area contributed by atoms with Crippen LogP contribution in [-0.4, -0.2) is 45.9 Å². The highest BCUT2D eigenvalue weighted by Gasteiger charge is 2.14. The number of methoxy groups -OCH3 is 1. The van der Waals surface area contributed by atoms with Gasteiger partial charge in [0.15, 0.2) is 5.96 Å². The third kappa shape index (κ3) is 6.02. The SMILES string of the molecule is COCCN=C(NCCc1ccco1)NC(C)c1cccc(N2CCCC2)c1. The molecular weight excluding hydrogens is 352 g/mol. The van der Waals surface area contributed by atoms with Crippen LogP contribution in [0.5, 0.6) is 0 Å². The number of hydrogen-bond donors (Lipinski definition) is 2. The Morgan fingerprint density at radius 3 is 2.86 bits per heavy atom. The fourth-order valence-electron chi connectivity index (χ4n) is 3.41. The number of ether oxygens (including phenoxy) is 1. The minimum Gasteiger partial charge on any atom is -0.469 e. The fraction of sp³-hybridized carbons (Fsp3) is 0.500. The van der Waals surface area contributed by atoms with Gasteiger partial charge >= 0.3 is 0 Å². The summed E-state index contributed by atoms with van der Waals surface area (Å²) in [6.45, 7) is 6.46. The van der Waals surface area contributed by atoms with Crippen molar-refractivity contribution in [2.45, 2.75) is 32.2 Å². The minimum absolute atomic E-state index is 0.153. The molecule has 0 bridgehead atoms. The summed E-state index contributed by atoms with van der Waals surface area (Å²) >= 11 is 0. The number of nitrogens with zero attached hydrogens (tertiary/aromatic N) is 2. The second-order valence-corrected chi connectivity index (χ2v) is 7.13. The van der Waals surface area contributed by atoms with Gasteiger partial charge in [-0.2, -0.15) is 0 Å². The van der Waals surface area contributed by atoms with E-state index in [0.717, 1.165) is 37.8 Å². The average molecular weight is 385 g/mol.